The first-order valence-electron chi connectivity index (χ1n) is 8.25. The van der Waals surface area contributed by atoms with Gasteiger partial charge < -0.3 is 10.2 Å². The van der Waals surface area contributed by atoms with Gasteiger partial charge in [-0.05, 0) is 36.5 Å². The summed E-state index contributed by atoms with van der Waals surface area (Å²) in [6.07, 6.45) is 5.40. The maximum absolute atomic E-state index is 12.7. The molecule has 1 saturated heterocycles. The number of nitrogens with zero attached hydrogens (tertiary/aromatic N) is 2. The van der Waals surface area contributed by atoms with Gasteiger partial charge in [0.25, 0.3) is 0 Å². The molecule has 1 aliphatic rings. The number of piperidine rings is 1. The van der Waals surface area contributed by atoms with Gasteiger partial charge in [0.1, 0.15) is 0 Å². The Morgan fingerprint density at radius 1 is 1.26 bits per heavy atom. The molecule has 1 fully saturated rings. The molecular formula is C19H23N3O. The summed E-state index contributed by atoms with van der Waals surface area (Å²) in [4.78, 5) is 18.7. The van der Waals surface area contributed by atoms with Gasteiger partial charge in [-0.1, -0.05) is 37.3 Å². The van der Waals surface area contributed by atoms with Gasteiger partial charge in [0.05, 0.1) is 17.9 Å². The first kappa shape index (κ1) is 15.7. The van der Waals surface area contributed by atoms with E-state index in [2.05, 4.69) is 41.5 Å². The molecule has 2 aromatic rings. The highest BCUT2D eigenvalue weighted by atomic mass is 16.2. The monoisotopic (exact) mass is 309 g/mol. The summed E-state index contributed by atoms with van der Waals surface area (Å²) < 4.78 is 0. The Kier molecular flexibility index (Phi) is 5.03. The lowest BCUT2D eigenvalue weighted by Crippen LogP contribution is -2.51. The van der Waals surface area contributed by atoms with Crippen LogP contribution < -0.4 is 10.2 Å². The number of carbonyl (C=O) groups excluding carboxylic acids is 1. The molecule has 0 saturated carbocycles. The highest BCUT2D eigenvalue weighted by molar-refractivity contribution is 5.97. The molecule has 4 heteroatoms. The maximum Gasteiger partial charge on any atom is 0.244 e. The number of anilines is 1. The maximum atomic E-state index is 12.7. The molecule has 23 heavy (non-hydrogen) atoms. The van der Waals surface area contributed by atoms with Crippen LogP contribution in [0.5, 0.6) is 0 Å². The van der Waals surface area contributed by atoms with Gasteiger partial charge in [-0.2, -0.15) is 0 Å². The van der Waals surface area contributed by atoms with Crippen molar-refractivity contribution in [2.24, 2.45) is 0 Å². The molecule has 1 amide bonds. The standard InChI is InChI=1S/C19H23N3O/c1-15(16-7-3-2-4-8-16)13-21-18-10-6-12-22(19(18)23)17-9-5-11-20-14-17/h2-5,7-9,11,14-15,18,21H,6,10,12-13H2,1H3/t15-,18+/m0/s1. The molecule has 120 valence electrons. The van der Waals surface area contributed by atoms with Crippen LogP contribution in [0.25, 0.3) is 0 Å². The highest BCUT2D eigenvalue weighted by Crippen LogP contribution is 2.21. The molecule has 1 aliphatic heterocycles. The number of hydrogen-bond donors (Lipinski definition) is 1. The number of rotatable bonds is 5. The summed E-state index contributed by atoms with van der Waals surface area (Å²) in [5.74, 6) is 0.544. The zero-order valence-corrected chi connectivity index (χ0v) is 13.5. The highest BCUT2D eigenvalue weighted by Gasteiger charge is 2.29. The van der Waals surface area contributed by atoms with Gasteiger partial charge >= 0.3 is 0 Å². The number of pyridine rings is 1. The number of benzene rings is 1. The van der Waals surface area contributed by atoms with Crippen LogP contribution in [0.1, 0.15) is 31.2 Å². The predicted octanol–water partition coefficient (Wildman–Crippen LogP) is 2.97. The zero-order valence-electron chi connectivity index (χ0n) is 13.5. The number of nitrogens with one attached hydrogen (secondary N) is 1. The van der Waals surface area contributed by atoms with Gasteiger partial charge in [-0.25, -0.2) is 0 Å². The Hall–Kier alpha value is -2.20. The number of amides is 1. The van der Waals surface area contributed by atoms with E-state index < -0.39 is 0 Å². The Morgan fingerprint density at radius 2 is 2.09 bits per heavy atom. The minimum atomic E-state index is -0.102. The fourth-order valence-electron chi connectivity index (χ4n) is 3.05. The summed E-state index contributed by atoms with van der Waals surface area (Å²) in [7, 11) is 0. The SMILES string of the molecule is C[C@@H](CN[C@@H]1CCCN(c2cccnc2)C1=O)c1ccccc1. The summed E-state index contributed by atoms with van der Waals surface area (Å²) in [5, 5.41) is 3.46. The van der Waals surface area contributed by atoms with E-state index in [1.807, 2.05) is 23.1 Å². The van der Waals surface area contributed by atoms with Gasteiger partial charge in [-0.15, -0.1) is 0 Å². The Labute approximate surface area is 137 Å². The second-order valence-corrected chi connectivity index (χ2v) is 6.12. The Morgan fingerprint density at radius 3 is 2.83 bits per heavy atom. The minimum Gasteiger partial charge on any atom is -0.310 e. The van der Waals surface area contributed by atoms with E-state index in [9.17, 15) is 4.79 Å². The summed E-state index contributed by atoms with van der Waals surface area (Å²) in [6, 6.07) is 14.1. The van der Waals surface area contributed by atoms with E-state index in [4.69, 9.17) is 0 Å². The molecule has 0 radical (unpaired) electrons. The summed E-state index contributed by atoms with van der Waals surface area (Å²) in [6.45, 7) is 3.77. The van der Waals surface area contributed by atoms with E-state index >= 15 is 0 Å². The lowest BCUT2D eigenvalue weighted by atomic mass is 9.99. The van der Waals surface area contributed by atoms with Crippen molar-refractivity contribution in [3.05, 3.63) is 60.4 Å². The second-order valence-electron chi connectivity index (χ2n) is 6.12. The number of carbonyl (C=O) groups is 1. The molecule has 3 rings (SSSR count). The molecule has 0 bridgehead atoms. The second kappa shape index (κ2) is 7.38. The molecule has 1 aromatic carbocycles. The van der Waals surface area contributed by atoms with Crippen molar-refractivity contribution < 1.29 is 4.79 Å². The van der Waals surface area contributed by atoms with Gasteiger partial charge in [0, 0.05) is 19.3 Å². The third-order valence-corrected chi connectivity index (χ3v) is 4.44. The van der Waals surface area contributed by atoms with Crippen LogP contribution in [-0.4, -0.2) is 30.0 Å². The largest absolute Gasteiger partial charge is 0.310 e. The van der Waals surface area contributed by atoms with E-state index in [-0.39, 0.29) is 11.9 Å². The topological polar surface area (TPSA) is 45.2 Å². The zero-order chi connectivity index (χ0) is 16.1. The van der Waals surface area contributed by atoms with Crippen LogP contribution in [0.4, 0.5) is 5.69 Å². The van der Waals surface area contributed by atoms with Crippen LogP contribution in [-0.2, 0) is 4.79 Å². The fourth-order valence-corrected chi connectivity index (χ4v) is 3.05. The van der Waals surface area contributed by atoms with E-state index in [1.165, 1.54) is 5.56 Å². The van der Waals surface area contributed by atoms with Crippen molar-refractivity contribution in [2.45, 2.75) is 31.7 Å². The summed E-state index contributed by atoms with van der Waals surface area (Å²) >= 11 is 0. The molecule has 1 N–H and O–H groups in total. The van der Waals surface area contributed by atoms with Crippen molar-refractivity contribution in [1.82, 2.24) is 10.3 Å². The van der Waals surface area contributed by atoms with Gasteiger partial charge in [0.2, 0.25) is 5.91 Å². The van der Waals surface area contributed by atoms with E-state index in [0.717, 1.165) is 31.6 Å². The van der Waals surface area contributed by atoms with Crippen molar-refractivity contribution in [2.75, 3.05) is 18.0 Å². The van der Waals surface area contributed by atoms with Crippen LogP contribution in [0.15, 0.2) is 54.9 Å². The predicted molar refractivity (Wildman–Crippen MR) is 92.5 cm³/mol. The van der Waals surface area contributed by atoms with Crippen LogP contribution in [0.3, 0.4) is 0 Å². The first-order chi connectivity index (χ1) is 11.3. The van der Waals surface area contributed by atoms with Crippen molar-refractivity contribution in [1.29, 1.82) is 0 Å². The van der Waals surface area contributed by atoms with Crippen LogP contribution >= 0.6 is 0 Å². The fraction of sp³-hybridized carbons (Fsp3) is 0.368. The average Bonchev–Trinajstić information content (AvgIpc) is 2.62. The van der Waals surface area contributed by atoms with E-state index in [1.54, 1.807) is 12.4 Å². The molecular weight excluding hydrogens is 286 g/mol. The van der Waals surface area contributed by atoms with Crippen molar-refractivity contribution in [3.8, 4) is 0 Å². The third kappa shape index (κ3) is 3.77. The molecule has 0 spiro atoms. The molecule has 1 aromatic heterocycles. The van der Waals surface area contributed by atoms with E-state index in [0.29, 0.717) is 5.92 Å². The van der Waals surface area contributed by atoms with Crippen LogP contribution in [0, 0.1) is 0 Å². The molecule has 4 nitrogen and oxygen atoms in total. The average molecular weight is 309 g/mol. The van der Waals surface area contributed by atoms with Gasteiger partial charge in [-0.3, -0.25) is 9.78 Å². The molecule has 0 aliphatic carbocycles. The van der Waals surface area contributed by atoms with Gasteiger partial charge in [0.15, 0.2) is 0 Å². The normalized spacial score (nSPS) is 19.6. The van der Waals surface area contributed by atoms with Crippen molar-refractivity contribution in [3.63, 3.8) is 0 Å². The molecule has 2 atom stereocenters. The Bertz CT molecular complexity index is 630. The first-order valence-corrected chi connectivity index (χ1v) is 8.25. The molecule has 2 heterocycles. The van der Waals surface area contributed by atoms with Crippen LogP contribution in [0.2, 0.25) is 0 Å². The lowest BCUT2D eigenvalue weighted by Gasteiger charge is -2.33. The lowest BCUT2D eigenvalue weighted by molar-refractivity contribution is -0.121. The minimum absolute atomic E-state index is 0.102. The Balaban J connectivity index is 1.61. The number of aromatic nitrogens is 1. The smallest absolute Gasteiger partial charge is 0.244 e. The molecule has 0 unspecified atom stereocenters. The third-order valence-electron chi connectivity index (χ3n) is 4.44. The van der Waals surface area contributed by atoms with Crippen molar-refractivity contribution >= 4 is 11.6 Å². The quantitative estimate of drug-likeness (QED) is 0.923. The number of hydrogen-bond acceptors (Lipinski definition) is 3. The summed E-state index contributed by atoms with van der Waals surface area (Å²) in [5.41, 5.74) is 2.19.